The van der Waals surface area contributed by atoms with Crippen molar-refractivity contribution in [3.8, 4) is 16.2 Å². The smallest absolute Gasteiger partial charge is 0.416 e. The number of esters is 1. The second-order valence-corrected chi connectivity index (χ2v) is 11.2. The molecule has 0 bridgehead atoms. The standard InChI is InChI=1S/C28H27F5O4S/c1-26(2,3)37-25(35)27(4,5)36-20-13-9-17(23(29)24(20)30)8-12-19(34)22-15-14-21(38-22)16-6-10-18(11-7-16)28(31,32)33/h6-7,9-11,13-15H,8,12H2,1-5H3. The largest absolute Gasteiger partial charge is 0.473 e. The Morgan fingerprint density at radius 3 is 2.05 bits per heavy atom. The number of rotatable bonds is 8. The Kier molecular flexibility index (Phi) is 8.36. The predicted octanol–water partition coefficient (Wildman–Crippen LogP) is 8.03. The molecule has 0 atom stereocenters. The fourth-order valence-electron chi connectivity index (χ4n) is 3.40. The van der Waals surface area contributed by atoms with Gasteiger partial charge in [0, 0.05) is 11.3 Å². The van der Waals surface area contributed by atoms with Gasteiger partial charge in [-0.15, -0.1) is 11.3 Å². The van der Waals surface area contributed by atoms with Crippen molar-refractivity contribution in [2.24, 2.45) is 0 Å². The Morgan fingerprint density at radius 2 is 1.47 bits per heavy atom. The van der Waals surface area contributed by atoms with E-state index in [0.717, 1.165) is 23.5 Å². The van der Waals surface area contributed by atoms with Gasteiger partial charge in [0.15, 0.2) is 23.0 Å². The third kappa shape index (κ3) is 7.18. The number of ketones is 1. The monoisotopic (exact) mass is 554 g/mol. The minimum Gasteiger partial charge on any atom is -0.473 e. The first kappa shape index (κ1) is 29.3. The van der Waals surface area contributed by atoms with Gasteiger partial charge in [0.1, 0.15) is 5.60 Å². The fraction of sp³-hybridized carbons (Fsp3) is 0.357. The van der Waals surface area contributed by atoms with E-state index in [1.54, 1.807) is 32.9 Å². The summed E-state index contributed by atoms with van der Waals surface area (Å²) in [5.74, 6) is -4.00. The number of alkyl halides is 3. The van der Waals surface area contributed by atoms with Crippen LogP contribution in [-0.2, 0) is 22.1 Å². The van der Waals surface area contributed by atoms with E-state index in [4.69, 9.17) is 9.47 Å². The van der Waals surface area contributed by atoms with Gasteiger partial charge in [0.2, 0.25) is 5.82 Å². The normalized spacial score (nSPS) is 12.4. The molecule has 2 aromatic carbocycles. The van der Waals surface area contributed by atoms with Crippen molar-refractivity contribution in [2.45, 2.75) is 64.8 Å². The molecule has 3 rings (SSSR count). The molecule has 0 saturated carbocycles. The van der Waals surface area contributed by atoms with Gasteiger partial charge >= 0.3 is 12.1 Å². The molecule has 38 heavy (non-hydrogen) atoms. The summed E-state index contributed by atoms with van der Waals surface area (Å²) in [6, 6.07) is 10.2. The van der Waals surface area contributed by atoms with Crippen LogP contribution >= 0.6 is 11.3 Å². The van der Waals surface area contributed by atoms with Crippen molar-refractivity contribution in [1.82, 2.24) is 0 Å². The number of benzene rings is 2. The molecule has 0 radical (unpaired) electrons. The highest BCUT2D eigenvalue weighted by Gasteiger charge is 2.36. The van der Waals surface area contributed by atoms with Crippen LogP contribution in [0.25, 0.3) is 10.4 Å². The highest BCUT2D eigenvalue weighted by molar-refractivity contribution is 7.17. The van der Waals surface area contributed by atoms with E-state index in [0.29, 0.717) is 15.3 Å². The minimum atomic E-state index is -4.44. The van der Waals surface area contributed by atoms with Crippen LogP contribution in [0.4, 0.5) is 22.0 Å². The molecule has 0 fully saturated rings. The SMILES string of the molecule is CC(C)(C)OC(=O)C(C)(C)Oc1ccc(CCC(=O)c2ccc(-c3ccc(C(F)(F)F)cc3)s2)c(F)c1F. The summed E-state index contributed by atoms with van der Waals surface area (Å²) < 4.78 is 78.5. The van der Waals surface area contributed by atoms with Crippen LogP contribution in [0.3, 0.4) is 0 Å². The van der Waals surface area contributed by atoms with Crippen molar-refractivity contribution in [3.05, 3.63) is 76.2 Å². The van der Waals surface area contributed by atoms with E-state index < -0.39 is 46.3 Å². The molecule has 0 unspecified atom stereocenters. The Labute approximate surface area is 221 Å². The number of thiophene rings is 1. The summed E-state index contributed by atoms with van der Waals surface area (Å²) in [7, 11) is 0. The van der Waals surface area contributed by atoms with Crippen LogP contribution in [0.1, 0.15) is 61.8 Å². The summed E-state index contributed by atoms with van der Waals surface area (Å²) in [5, 5.41) is 0. The van der Waals surface area contributed by atoms with Crippen molar-refractivity contribution < 1.29 is 41.0 Å². The number of carbonyl (C=O) groups is 2. The number of hydrogen-bond acceptors (Lipinski definition) is 5. The third-order valence-electron chi connectivity index (χ3n) is 5.38. The quantitative estimate of drug-likeness (QED) is 0.161. The van der Waals surface area contributed by atoms with Gasteiger partial charge in [0.05, 0.1) is 10.4 Å². The van der Waals surface area contributed by atoms with E-state index in [2.05, 4.69) is 0 Å². The summed E-state index contributed by atoms with van der Waals surface area (Å²) >= 11 is 1.10. The van der Waals surface area contributed by atoms with Gasteiger partial charge in [-0.1, -0.05) is 18.2 Å². The lowest BCUT2D eigenvalue weighted by Gasteiger charge is -2.29. The molecule has 0 spiro atoms. The van der Waals surface area contributed by atoms with Crippen molar-refractivity contribution in [3.63, 3.8) is 0 Å². The van der Waals surface area contributed by atoms with Crippen LogP contribution in [0.2, 0.25) is 0 Å². The van der Waals surface area contributed by atoms with E-state index in [1.165, 1.54) is 38.1 Å². The second kappa shape index (κ2) is 10.8. The topological polar surface area (TPSA) is 52.6 Å². The maximum atomic E-state index is 14.7. The Hall–Kier alpha value is -3.27. The van der Waals surface area contributed by atoms with Crippen molar-refractivity contribution in [1.29, 1.82) is 0 Å². The molecule has 0 saturated heterocycles. The predicted molar refractivity (Wildman–Crippen MR) is 134 cm³/mol. The lowest BCUT2D eigenvalue weighted by Crippen LogP contribution is -2.43. The molecule has 204 valence electrons. The van der Waals surface area contributed by atoms with Crippen molar-refractivity contribution in [2.75, 3.05) is 0 Å². The molecule has 1 heterocycles. The van der Waals surface area contributed by atoms with E-state index in [-0.39, 0.29) is 24.2 Å². The first-order valence-electron chi connectivity index (χ1n) is 11.7. The van der Waals surface area contributed by atoms with Crippen LogP contribution in [0, 0.1) is 11.6 Å². The zero-order valence-electron chi connectivity index (χ0n) is 21.5. The van der Waals surface area contributed by atoms with Gasteiger partial charge in [-0.3, -0.25) is 4.79 Å². The molecule has 0 aliphatic carbocycles. The summed E-state index contributed by atoms with van der Waals surface area (Å²) in [5.41, 5.74) is -2.66. The molecule has 0 amide bonds. The molecule has 4 nitrogen and oxygen atoms in total. The van der Waals surface area contributed by atoms with Gasteiger partial charge < -0.3 is 9.47 Å². The average molecular weight is 555 g/mol. The second-order valence-electron chi connectivity index (χ2n) is 10.1. The number of aryl methyl sites for hydroxylation is 1. The fourth-order valence-corrected chi connectivity index (χ4v) is 4.38. The molecular formula is C28H27F5O4S. The van der Waals surface area contributed by atoms with Gasteiger partial charge in [-0.25, -0.2) is 9.18 Å². The van der Waals surface area contributed by atoms with E-state index >= 15 is 0 Å². The first-order chi connectivity index (χ1) is 17.5. The van der Waals surface area contributed by atoms with E-state index in [1.807, 2.05) is 0 Å². The number of hydrogen-bond donors (Lipinski definition) is 0. The summed E-state index contributed by atoms with van der Waals surface area (Å²) in [6.07, 6.45) is -4.65. The molecule has 1 aromatic heterocycles. The maximum absolute atomic E-state index is 14.7. The van der Waals surface area contributed by atoms with Crippen LogP contribution in [-0.4, -0.2) is 23.0 Å². The van der Waals surface area contributed by atoms with Crippen molar-refractivity contribution >= 4 is 23.1 Å². The molecule has 0 aliphatic heterocycles. The number of carbonyl (C=O) groups excluding carboxylic acids is 2. The number of halogens is 5. The minimum absolute atomic E-state index is 0.0437. The first-order valence-corrected chi connectivity index (χ1v) is 12.5. The van der Waals surface area contributed by atoms with Gasteiger partial charge in [-0.05, 0) is 82.5 Å². The highest BCUT2D eigenvalue weighted by Crippen LogP contribution is 2.34. The molecular weight excluding hydrogens is 527 g/mol. The molecule has 0 aliphatic rings. The lowest BCUT2D eigenvalue weighted by atomic mass is 10.0. The Bertz CT molecular complexity index is 1320. The molecule has 3 aromatic rings. The third-order valence-corrected chi connectivity index (χ3v) is 6.56. The molecule has 10 heteroatoms. The molecule has 0 N–H and O–H groups in total. The summed E-state index contributed by atoms with van der Waals surface area (Å²) in [4.78, 5) is 26.0. The van der Waals surface area contributed by atoms with Crippen LogP contribution in [0.15, 0.2) is 48.5 Å². The zero-order valence-corrected chi connectivity index (χ0v) is 22.3. The number of ether oxygens (including phenoxy) is 2. The van der Waals surface area contributed by atoms with E-state index in [9.17, 15) is 31.5 Å². The van der Waals surface area contributed by atoms with Crippen LogP contribution in [0.5, 0.6) is 5.75 Å². The highest BCUT2D eigenvalue weighted by atomic mass is 32.1. The number of Topliss-reactive ketones (excluding diaryl/α,β-unsaturated/α-hetero) is 1. The van der Waals surface area contributed by atoms with Gasteiger partial charge in [-0.2, -0.15) is 17.6 Å². The lowest BCUT2D eigenvalue weighted by molar-refractivity contribution is -0.171. The Balaban J connectivity index is 1.66. The zero-order chi connectivity index (χ0) is 28.5. The van der Waals surface area contributed by atoms with Gasteiger partial charge in [0.25, 0.3) is 0 Å². The average Bonchev–Trinajstić information content (AvgIpc) is 3.30. The summed E-state index contributed by atoms with van der Waals surface area (Å²) in [6.45, 7) is 7.77. The maximum Gasteiger partial charge on any atom is 0.416 e. The van der Waals surface area contributed by atoms with Crippen LogP contribution < -0.4 is 4.74 Å². The Morgan fingerprint density at radius 1 is 0.842 bits per heavy atom.